The van der Waals surface area contributed by atoms with E-state index in [1.165, 1.54) is 6.07 Å². The Bertz CT molecular complexity index is 1550. The molecule has 11 heteroatoms. The Balaban J connectivity index is 1.06. The van der Waals surface area contributed by atoms with Gasteiger partial charge < -0.3 is 23.9 Å². The lowest BCUT2D eigenvalue weighted by Gasteiger charge is -2.32. The van der Waals surface area contributed by atoms with Crippen molar-refractivity contribution >= 4 is 32.9 Å². The van der Waals surface area contributed by atoms with Gasteiger partial charge in [-0.15, -0.1) is 0 Å². The van der Waals surface area contributed by atoms with Crippen LogP contribution in [-0.2, 0) is 24.4 Å². The molecule has 6 rings (SSSR count). The number of carboxylic acids is 1. The Morgan fingerprint density at radius 2 is 1.93 bits per heavy atom. The van der Waals surface area contributed by atoms with E-state index in [4.69, 9.17) is 19.2 Å². The molecule has 4 aromatic rings. The van der Waals surface area contributed by atoms with Crippen molar-refractivity contribution < 1.29 is 28.5 Å². The van der Waals surface area contributed by atoms with Gasteiger partial charge in [-0.25, -0.2) is 19.2 Å². The Hall–Kier alpha value is -3.54. The normalized spacial score (nSPS) is 17.9. The van der Waals surface area contributed by atoms with Gasteiger partial charge in [0.1, 0.15) is 18.5 Å². The maximum Gasteiger partial charge on any atom is 0.335 e. The van der Waals surface area contributed by atoms with Crippen molar-refractivity contribution in [3.05, 3.63) is 82.0 Å². The second kappa shape index (κ2) is 12.1. The maximum absolute atomic E-state index is 14.1. The molecule has 1 unspecified atom stereocenters. The minimum Gasteiger partial charge on any atom is -0.484 e. The number of aromatic nitrogens is 3. The van der Waals surface area contributed by atoms with Crippen molar-refractivity contribution in [2.24, 2.45) is 0 Å². The van der Waals surface area contributed by atoms with E-state index >= 15 is 0 Å². The molecule has 0 aliphatic carbocycles. The number of piperidine rings is 1. The second-order valence-electron chi connectivity index (χ2n) is 10.4. The number of carbonyl (C=O) groups is 1. The number of imidazole rings is 1. The third-order valence-electron chi connectivity index (χ3n) is 7.49. The first-order valence-electron chi connectivity index (χ1n) is 13.7. The molecule has 4 heterocycles. The molecular weight excluding hydrogens is 595 g/mol. The fourth-order valence-electron chi connectivity index (χ4n) is 5.17. The smallest absolute Gasteiger partial charge is 0.335 e. The largest absolute Gasteiger partial charge is 0.484 e. The highest BCUT2D eigenvalue weighted by Crippen LogP contribution is 2.26. The molecule has 9 nitrogen and oxygen atoms in total. The molecule has 41 heavy (non-hydrogen) atoms. The van der Waals surface area contributed by atoms with Gasteiger partial charge in [0.2, 0.25) is 5.88 Å². The Kier molecular flexibility index (Phi) is 8.18. The molecule has 2 aromatic heterocycles. The summed E-state index contributed by atoms with van der Waals surface area (Å²) in [5, 5.41) is 9.48. The van der Waals surface area contributed by atoms with Gasteiger partial charge in [0.15, 0.2) is 11.6 Å². The first kappa shape index (κ1) is 27.6. The fraction of sp³-hybridized carbons (Fsp3) is 0.367. The zero-order valence-electron chi connectivity index (χ0n) is 22.3. The maximum atomic E-state index is 14.1. The van der Waals surface area contributed by atoms with E-state index in [1.807, 2.05) is 18.2 Å². The second-order valence-corrected chi connectivity index (χ2v) is 11.3. The van der Waals surface area contributed by atoms with Crippen LogP contribution in [0.5, 0.6) is 11.6 Å². The summed E-state index contributed by atoms with van der Waals surface area (Å²) in [7, 11) is 0. The number of pyridine rings is 1. The van der Waals surface area contributed by atoms with Crippen molar-refractivity contribution in [2.75, 3.05) is 19.7 Å². The Labute approximate surface area is 245 Å². The molecule has 2 aromatic carbocycles. The molecule has 2 saturated heterocycles. The van der Waals surface area contributed by atoms with Crippen LogP contribution in [-0.4, -0.2) is 62.4 Å². The van der Waals surface area contributed by atoms with Crippen LogP contribution in [0.25, 0.3) is 11.0 Å². The van der Waals surface area contributed by atoms with Crippen LogP contribution in [0.4, 0.5) is 4.39 Å². The van der Waals surface area contributed by atoms with Crippen LogP contribution in [0, 0.1) is 5.82 Å². The third kappa shape index (κ3) is 6.52. The Morgan fingerprint density at radius 3 is 2.66 bits per heavy atom. The van der Waals surface area contributed by atoms with Crippen molar-refractivity contribution in [1.82, 2.24) is 19.4 Å². The highest BCUT2D eigenvalue weighted by atomic mass is 79.9. The van der Waals surface area contributed by atoms with E-state index in [2.05, 4.69) is 30.4 Å². The number of benzene rings is 2. The van der Waals surface area contributed by atoms with E-state index in [-0.39, 0.29) is 30.1 Å². The molecule has 214 valence electrons. The van der Waals surface area contributed by atoms with E-state index in [0.29, 0.717) is 29.1 Å². The average Bonchev–Trinajstić information content (AvgIpc) is 3.27. The van der Waals surface area contributed by atoms with E-state index < -0.39 is 11.8 Å². The standard InChI is InChI=1S/C30H30BrFN4O5/c31-20-5-7-27(24(32)15-20)40-18-21-2-1-3-29(33-21)41-22-8-11-35(12-9-22)17-28-34-25-6-4-19(30(37)38)14-26(25)36(28)16-23-10-13-39-23/h1-7,14-15,22-23H,8-13,16-18H2,(H,37,38). The number of aromatic carboxylic acids is 1. The number of rotatable bonds is 10. The van der Waals surface area contributed by atoms with E-state index in [0.717, 1.165) is 55.8 Å². The predicted octanol–water partition coefficient (Wildman–Crippen LogP) is 5.44. The first-order valence-corrected chi connectivity index (χ1v) is 14.5. The molecule has 2 fully saturated rings. The predicted molar refractivity (Wildman–Crippen MR) is 153 cm³/mol. The van der Waals surface area contributed by atoms with Gasteiger partial charge in [-0.05, 0) is 61.7 Å². The van der Waals surface area contributed by atoms with Crippen LogP contribution in [0.1, 0.15) is 41.1 Å². The van der Waals surface area contributed by atoms with Crippen LogP contribution in [0.2, 0.25) is 0 Å². The molecule has 1 atom stereocenters. The molecule has 0 spiro atoms. The summed E-state index contributed by atoms with van der Waals surface area (Å²) in [5.41, 5.74) is 2.52. The van der Waals surface area contributed by atoms with Crippen molar-refractivity contribution in [3.8, 4) is 11.6 Å². The summed E-state index contributed by atoms with van der Waals surface area (Å²) in [5.74, 6) is 0.223. The van der Waals surface area contributed by atoms with Crippen LogP contribution in [0.15, 0.2) is 59.1 Å². The number of hydrogen-bond donors (Lipinski definition) is 1. The molecule has 1 N–H and O–H groups in total. The molecular formula is C30H30BrFN4O5. The topological polar surface area (TPSA) is 98.9 Å². The lowest BCUT2D eigenvalue weighted by Crippen LogP contribution is -2.39. The molecule has 0 amide bonds. The number of ether oxygens (including phenoxy) is 3. The van der Waals surface area contributed by atoms with Gasteiger partial charge >= 0.3 is 5.97 Å². The van der Waals surface area contributed by atoms with Gasteiger partial charge in [0.05, 0.1) is 41.5 Å². The van der Waals surface area contributed by atoms with Crippen molar-refractivity contribution in [2.45, 2.75) is 51.2 Å². The quantitative estimate of drug-likeness (QED) is 0.249. The van der Waals surface area contributed by atoms with Gasteiger partial charge in [0.25, 0.3) is 0 Å². The highest BCUT2D eigenvalue weighted by molar-refractivity contribution is 9.10. The van der Waals surface area contributed by atoms with Crippen molar-refractivity contribution in [1.29, 1.82) is 0 Å². The van der Waals surface area contributed by atoms with Crippen LogP contribution in [0.3, 0.4) is 0 Å². The fourth-order valence-corrected chi connectivity index (χ4v) is 5.50. The molecule has 0 saturated carbocycles. The number of carboxylic acid groups (broad SMARTS) is 1. The van der Waals surface area contributed by atoms with Gasteiger partial charge in [-0.1, -0.05) is 22.0 Å². The monoisotopic (exact) mass is 624 g/mol. The minimum atomic E-state index is -0.950. The first-order chi connectivity index (χ1) is 19.9. The third-order valence-corrected chi connectivity index (χ3v) is 7.98. The van der Waals surface area contributed by atoms with Crippen LogP contribution >= 0.6 is 15.9 Å². The highest BCUT2D eigenvalue weighted by Gasteiger charge is 2.26. The minimum absolute atomic E-state index is 0.0270. The number of likely N-dealkylation sites (tertiary alicyclic amines) is 1. The Morgan fingerprint density at radius 1 is 1.10 bits per heavy atom. The SMILES string of the molecule is O=C(O)c1ccc2nc(CN3CCC(Oc4cccc(COc5ccc(Br)cc5F)n4)CC3)n(CC3CCO3)c2c1. The zero-order chi connectivity index (χ0) is 28.3. The molecule has 0 radical (unpaired) electrons. The van der Waals surface area contributed by atoms with Gasteiger partial charge in [-0.2, -0.15) is 0 Å². The van der Waals surface area contributed by atoms with Gasteiger partial charge in [0, 0.05) is 30.2 Å². The lowest BCUT2D eigenvalue weighted by molar-refractivity contribution is -0.0592. The summed E-state index contributed by atoms with van der Waals surface area (Å²) in [4.78, 5) is 23.3. The number of hydrogen-bond acceptors (Lipinski definition) is 7. The lowest BCUT2D eigenvalue weighted by atomic mass is 10.1. The average molecular weight is 625 g/mol. The van der Waals surface area contributed by atoms with Crippen molar-refractivity contribution in [3.63, 3.8) is 0 Å². The van der Waals surface area contributed by atoms with E-state index in [9.17, 15) is 14.3 Å². The number of nitrogens with zero attached hydrogens (tertiary/aromatic N) is 4. The summed E-state index contributed by atoms with van der Waals surface area (Å²) < 4.78 is 34.3. The summed E-state index contributed by atoms with van der Waals surface area (Å²) >= 11 is 3.25. The number of fused-ring (bicyclic) bond motifs is 1. The zero-order valence-corrected chi connectivity index (χ0v) is 23.9. The van der Waals surface area contributed by atoms with E-state index in [1.54, 1.807) is 30.3 Å². The van der Waals surface area contributed by atoms with Crippen LogP contribution < -0.4 is 9.47 Å². The molecule has 2 aliphatic heterocycles. The molecule has 0 bridgehead atoms. The summed E-state index contributed by atoms with van der Waals surface area (Å²) in [6.45, 7) is 3.88. The number of halogens is 2. The summed E-state index contributed by atoms with van der Waals surface area (Å²) in [6.07, 6.45) is 2.81. The summed E-state index contributed by atoms with van der Waals surface area (Å²) in [6, 6.07) is 15.3. The van der Waals surface area contributed by atoms with Gasteiger partial charge in [-0.3, -0.25) is 4.90 Å². The molecule has 2 aliphatic rings.